The normalized spacial score (nSPS) is 14.6. The van der Waals surface area contributed by atoms with Crippen molar-refractivity contribution in [1.82, 2.24) is 36.9 Å². The minimum atomic E-state index is -1.13. The zero-order valence-corrected chi connectivity index (χ0v) is 41.2. The summed E-state index contributed by atoms with van der Waals surface area (Å²) in [7, 11) is 1.62. The summed E-state index contributed by atoms with van der Waals surface area (Å²) < 4.78 is 5.48. The van der Waals surface area contributed by atoms with Crippen molar-refractivity contribution < 1.29 is 38.6 Å². The number of nitrogens with one attached hydrogen (secondary N) is 7. The molecule has 17 heteroatoms. The highest BCUT2D eigenvalue weighted by Crippen LogP contribution is 2.28. The average Bonchev–Trinajstić information content (AvgIpc) is 3.27. The van der Waals surface area contributed by atoms with Crippen LogP contribution < -0.4 is 47.7 Å². The van der Waals surface area contributed by atoms with Gasteiger partial charge in [-0.25, -0.2) is 0 Å². The number of hydrogen-bond acceptors (Lipinski definition) is 11. The Balaban J connectivity index is 2.01. The molecule has 1 aromatic carbocycles. The Morgan fingerprint density at radius 3 is 2.06 bits per heavy atom. The van der Waals surface area contributed by atoms with Crippen LogP contribution in [0.25, 0.3) is 10.9 Å². The molecule has 10 N–H and O–H groups in total. The summed E-state index contributed by atoms with van der Waals surface area (Å²) in [6.07, 6.45) is 6.02. The van der Waals surface area contributed by atoms with E-state index in [1.54, 1.807) is 13.3 Å². The van der Waals surface area contributed by atoms with E-state index in [-0.39, 0.29) is 54.9 Å². The Labute approximate surface area is 393 Å². The van der Waals surface area contributed by atoms with Gasteiger partial charge in [-0.1, -0.05) is 67.4 Å². The van der Waals surface area contributed by atoms with Gasteiger partial charge < -0.3 is 52.8 Å². The van der Waals surface area contributed by atoms with Crippen LogP contribution in [0.4, 0.5) is 5.69 Å². The van der Waals surface area contributed by atoms with Crippen molar-refractivity contribution >= 4 is 52.0 Å². The molecular weight excluding hydrogens is 843 g/mol. The molecule has 2 aromatic rings. The van der Waals surface area contributed by atoms with E-state index in [0.29, 0.717) is 64.6 Å². The zero-order valence-electron chi connectivity index (χ0n) is 41.2. The Morgan fingerprint density at radius 2 is 1.42 bits per heavy atom. The van der Waals surface area contributed by atoms with Crippen molar-refractivity contribution in [2.75, 3.05) is 32.1 Å². The first-order valence-electron chi connectivity index (χ1n) is 24.2. The Morgan fingerprint density at radius 1 is 0.742 bits per heavy atom. The molecule has 17 nitrogen and oxygen atoms in total. The lowest BCUT2D eigenvalue weighted by Gasteiger charge is -2.30. The van der Waals surface area contributed by atoms with Crippen LogP contribution in [-0.2, 0) is 28.8 Å². The van der Waals surface area contributed by atoms with Gasteiger partial charge in [-0.3, -0.25) is 33.8 Å². The summed E-state index contributed by atoms with van der Waals surface area (Å²) in [6.45, 7) is 16.9. The van der Waals surface area contributed by atoms with Crippen LogP contribution in [-0.4, -0.2) is 109 Å². The van der Waals surface area contributed by atoms with Crippen molar-refractivity contribution in [2.45, 2.75) is 175 Å². The van der Waals surface area contributed by atoms with E-state index < -0.39 is 53.9 Å². The second-order valence-corrected chi connectivity index (χ2v) is 18.5. The van der Waals surface area contributed by atoms with Crippen LogP contribution in [0.15, 0.2) is 30.5 Å². The maximum absolute atomic E-state index is 13.8. The molecule has 1 unspecified atom stereocenters. The number of amides is 6. The van der Waals surface area contributed by atoms with Gasteiger partial charge in [0.2, 0.25) is 35.4 Å². The van der Waals surface area contributed by atoms with Crippen molar-refractivity contribution in [3.05, 3.63) is 30.5 Å². The fraction of sp³-hybridized carbons (Fsp3) is 0.694. The van der Waals surface area contributed by atoms with E-state index >= 15 is 0 Å². The summed E-state index contributed by atoms with van der Waals surface area (Å²) in [6, 6.07) is 4.28. The van der Waals surface area contributed by atoms with Crippen LogP contribution in [0.3, 0.4) is 0 Å². The van der Waals surface area contributed by atoms with E-state index in [1.807, 2.05) is 72.7 Å². The standard InChI is InChI=1S/C49H83N9O8/c1-10-12-23-51-44(62)30-41(59)38(26-31(3)4)57-49(65)45(33(7)11-2)58-43(61)21-20-42(60)55-40(27-32(5)6)48(64)56-37(19-13-14-22-50)47(63)53-25-15-17-34(8)54-39-29-36(66-9)28-35-18-16-24-52-46(35)39/h16,18,24,28-29,31-34,37-38,40-41,45,54,59H,10-15,17,19-23,25-27,30,50H2,1-9H3,(H,51,62)(H,53,63)(H,55,60)(H,56,64)(H,57,65)(H,58,61)/t33-,34?,37+,38+,40+,41+,45+/m1/s1. The average molecular weight is 926 g/mol. The van der Waals surface area contributed by atoms with Crippen LogP contribution in [0, 0.1) is 17.8 Å². The molecule has 372 valence electrons. The number of anilines is 1. The number of benzene rings is 1. The summed E-state index contributed by atoms with van der Waals surface area (Å²) in [5, 5.41) is 32.6. The summed E-state index contributed by atoms with van der Waals surface area (Å²) in [4.78, 5) is 84.5. The SMILES string of the molecule is CCCCNC(=O)C[C@H](O)[C@H](CC(C)C)NC(=O)[C@@H](NC(=O)CCC(=O)N[C@@H](CC(C)C)C(=O)N[C@@H](CCCCN)C(=O)NCCCC(C)Nc1cc(OC)cc2cccnc12)[C@H](C)CC. The minimum absolute atomic E-state index is 0.0125. The lowest BCUT2D eigenvalue weighted by atomic mass is 9.94. The van der Waals surface area contributed by atoms with Crippen molar-refractivity contribution in [1.29, 1.82) is 0 Å². The third-order valence-corrected chi connectivity index (χ3v) is 11.5. The molecule has 1 aromatic heterocycles. The number of nitrogens with two attached hydrogens (primary N) is 1. The Bertz CT molecular complexity index is 1810. The fourth-order valence-corrected chi connectivity index (χ4v) is 7.55. The van der Waals surface area contributed by atoms with Gasteiger partial charge in [0.15, 0.2) is 0 Å². The topological polar surface area (TPSA) is 255 Å². The number of rotatable bonds is 33. The van der Waals surface area contributed by atoms with Gasteiger partial charge in [-0.2, -0.15) is 0 Å². The molecule has 1 heterocycles. The van der Waals surface area contributed by atoms with Gasteiger partial charge in [-0.05, 0) is 94.7 Å². The van der Waals surface area contributed by atoms with E-state index in [9.17, 15) is 33.9 Å². The number of carbonyl (C=O) groups is 6. The molecule has 0 aliphatic carbocycles. The number of pyridine rings is 1. The van der Waals surface area contributed by atoms with E-state index in [2.05, 4.69) is 49.1 Å². The monoisotopic (exact) mass is 926 g/mol. The van der Waals surface area contributed by atoms with Gasteiger partial charge in [0.05, 0.1) is 36.9 Å². The molecule has 0 fully saturated rings. The first-order valence-corrected chi connectivity index (χ1v) is 24.2. The first-order chi connectivity index (χ1) is 31.4. The number of fused-ring (bicyclic) bond motifs is 1. The molecule has 0 radical (unpaired) electrons. The van der Waals surface area contributed by atoms with Gasteiger partial charge in [0.1, 0.15) is 23.9 Å². The maximum Gasteiger partial charge on any atom is 0.243 e. The number of carbonyl (C=O) groups excluding carboxylic acids is 6. The summed E-state index contributed by atoms with van der Waals surface area (Å²) >= 11 is 0. The van der Waals surface area contributed by atoms with E-state index in [0.717, 1.165) is 41.6 Å². The molecule has 0 saturated carbocycles. The number of unbranched alkanes of at least 4 members (excludes halogenated alkanes) is 2. The number of aliphatic hydroxyl groups is 1. The fourth-order valence-electron chi connectivity index (χ4n) is 7.55. The second-order valence-electron chi connectivity index (χ2n) is 18.5. The molecular formula is C49H83N9O8. The number of ether oxygens (including phenoxy) is 1. The van der Waals surface area contributed by atoms with Crippen LogP contribution in [0.1, 0.15) is 139 Å². The summed E-state index contributed by atoms with van der Waals surface area (Å²) in [5.41, 5.74) is 7.44. The van der Waals surface area contributed by atoms with Crippen molar-refractivity contribution in [3.8, 4) is 5.75 Å². The molecule has 7 atom stereocenters. The number of nitrogens with zero attached hydrogens (tertiary/aromatic N) is 1. The van der Waals surface area contributed by atoms with E-state index in [4.69, 9.17) is 10.5 Å². The molecule has 0 saturated heterocycles. The Hall–Kier alpha value is -5.03. The molecule has 66 heavy (non-hydrogen) atoms. The van der Waals surface area contributed by atoms with Gasteiger partial charge in [-0.15, -0.1) is 0 Å². The van der Waals surface area contributed by atoms with Crippen LogP contribution in [0.5, 0.6) is 5.75 Å². The maximum atomic E-state index is 13.8. The lowest BCUT2D eigenvalue weighted by molar-refractivity contribution is -0.134. The molecule has 0 aliphatic heterocycles. The zero-order chi connectivity index (χ0) is 49.2. The number of aromatic nitrogens is 1. The molecule has 0 spiro atoms. The van der Waals surface area contributed by atoms with Gasteiger partial charge >= 0.3 is 0 Å². The smallest absolute Gasteiger partial charge is 0.243 e. The van der Waals surface area contributed by atoms with Crippen molar-refractivity contribution in [2.24, 2.45) is 23.5 Å². The minimum Gasteiger partial charge on any atom is -0.497 e. The Kier molecular flexibility index (Phi) is 26.9. The van der Waals surface area contributed by atoms with Crippen LogP contribution >= 0.6 is 0 Å². The third kappa shape index (κ3) is 21.5. The van der Waals surface area contributed by atoms with Gasteiger partial charge in [0, 0.05) is 49.6 Å². The number of aliphatic hydroxyl groups excluding tert-OH is 1. The lowest BCUT2D eigenvalue weighted by Crippen LogP contribution is -2.55. The molecule has 0 aliphatic rings. The first kappa shape index (κ1) is 57.1. The second kappa shape index (κ2) is 31.0. The third-order valence-electron chi connectivity index (χ3n) is 11.5. The van der Waals surface area contributed by atoms with E-state index in [1.165, 1.54) is 0 Å². The van der Waals surface area contributed by atoms with Crippen molar-refractivity contribution in [3.63, 3.8) is 0 Å². The van der Waals surface area contributed by atoms with Crippen LogP contribution in [0.2, 0.25) is 0 Å². The largest absolute Gasteiger partial charge is 0.497 e. The predicted molar refractivity (Wildman–Crippen MR) is 260 cm³/mol. The molecule has 6 amide bonds. The molecule has 2 rings (SSSR count). The van der Waals surface area contributed by atoms with Gasteiger partial charge in [0.25, 0.3) is 0 Å². The highest BCUT2D eigenvalue weighted by molar-refractivity contribution is 5.94. The number of methoxy groups -OCH3 is 1. The highest BCUT2D eigenvalue weighted by atomic mass is 16.5. The molecule has 0 bridgehead atoms. The summed E-state index contributed by atoms with van der Waals surface area (Å²) in [5.74, 6) is -2.12. The quantitative estimate of drug-likeness (QED) is 0.0448. The number of hydrogen-bond donors (Lipinski definition) is 9. The predicted octanol–water partition coefficient (Wildman–Crippen LogP) is 4.59. The highest BCUT2D eigenvalue weighted by Gasteiger charge is 2.32.